The number of rotatable bonds is 19. The highest BCUT2D eigenvalue weighted by molar-refractivity contribution is 6.31. The van der Waals surface area contributed by atoms with Crippen LogP contribution in [0, 0.1) is 0 Å². The summed E-state index contributed by atoms with van der Waals surface area (Å²) in [5.74, 6) is 0.123. The maximum absolute atomic E-state index is 12.3. The van der Waals surface area contributed by atoms with Crippen LogP contribution < -0.4 is 0 Å². The summed E-state index contributed by atoms with van der Waals surface area (Å²) in [5.41, 5.74) is 8.36. The third-order valence-electron chi connectivity index (χ3n) is 11.4. The molecule has 0 N–H and O–H groups in total. The number of nitrogens with zero attached hydrogens (tertiary/aromatic N) is 1. The third-order valence-corrected chi connectivity index (χ3v) is 11.8. The number of ether oxygens (including phenoxy) is 5. The molecule has 0 unspecified atom stereocenters. The summed E-state index contributed by atoms with van der Waals surface area (Å²) < 4.78 is 34.5. The second-order valence-corrected chi connectivity index (χ2v) is 16.5. The van der Waals surface area contributed by atoms with Crippen LogP contribution in [-0.4, -0.2) is 47.9 Å². The first-order valence-electron chi connectivity index (χ1n) is 21.3. The van der Waals surface area contributed by atoms with Crippen molar-refractivity contribution in [1.29, 1.82) is 0 Å². The van der Waals surface area contributed by atoms with Gasteiger partial charge in [-0.25, -0.2) is 0 Å². The van der Waals surface area contributed by atoms with Crippen molar-refractivity contribution in [3.8, 4) is 0 Å². The Balaban J connectivity index is 1.12. The lowest BCUT2D eigenvalue weighted by Gasteiger charge is -2.46. The van der Waals surface area contributed by atoms with E-state index >= 15 is 0 Å². The summed E-state index contributed by atoms with van der Waals surface area (Å²) in [6, 6.07) is 55.7. The zero-order valence-corrected chi connectivity index (χ0v) is 35.4. The quantitative estimate of drug-likeness (QED) is 0.0810. The van der Waals surface area contributed by atoms with Crippen molar-refractivity contribution in [1.82, 2.24) is 4.90 Å². The molecule has 1 aliphatic heterocycles. The Hall–Kier alpha value is -5.12. The van der Waals surface area contributed by atoms with E-state index in [2.05, 4.69) is 78.9 Å². The van der Waals surface area contributed by atoms with Gasteiger partial charge in [-0.2, -0.15) is 0 Å². The largest absolute Gasteiger partial charge is 0.374 e. The van der Waals surface area contributed by atoms with Crippen LogP contribution in [0.2, 0.25) is 5.02 Å². The second-order valence-electron chi connectivity index (χ2n) is 16.1. The van der Waals surface area contributed by atoms with Gasteiger partial charge >= 0.3 is 0 Å². The first-order chi connectivity index (χ1) is 30.0. The van der Waals surface area contributed by atoms with Crippen LogP contribution >= 0.6 is 11.6 Å². The van der Waals surface area contributed by atoms with Gasteiger partial charge in [0.05, 0.1) is 33.0 Å². The SMILES string of the molecule is CC(=O)N(Cc1ccc(Cc2cc([C@@H]3O[C@H](COCc4ccccc4)[C@@H](OCc4ccccc4)[C@H](OCc4ccccc4)[C@H]3OCc3ccccc3)ccc2Cl)cc1)C1CC1. The lowest BCUT2D eigenvalue weighted by Crippen LogP contribution is -2.58. The maximum atomic E-state index is 12.3. The number of carbonyl (C=O) groups is 1. The summed E-state index contributed by atoms with van der Waals surface area (Å²) in [4.78, 5) is 14.3. The monoisotopic (exact) mass is 835 g/mol. The molecule has 1 saturated carbocycles. The Morgan fingerprint density at radius 1 is 0.590 bits per heavy atom. The van der Waals surface area contributed by atoms with Crippen LogP contribution in [0.3, 0.4) is 0 Å². The van der Waals surface area contributed by atoms with Gasteiger partial charge in [0.2, 0.25) is 5.91 Å². The number of halogens is 1. The molecule has 0 radical (unpaired) electrons. The standard InChI is InChI=1S/C53H54ClNO6/c1-38(56)55(47-27-28-47)32-40-24-22-39(23-25-40)30-46-31-45(26-29-48(46)54)50-52(59-35-43-18-10-4-11-19-43)53(60-36-44-20-12-5-13-21-44)51(58-34-42-16-8-3-9-17-42)49(61-50)37-57-33-41-14-6-2-7-15-41/h2-26,29,31,47,49-53H,27-28,30,32-37H2,1H3/t49-,50+,51-,52+,53+/m1/s1. The molecule has 7 nitrogen and oxygen atoms in total. The highest BCUT2D eigenvalue weighted by atomic mass is 35.5. The number of hydrogen-bond acceptors (Lipinski definition) is 6. The zero-order valence-electron chi connectivity index (χ0n) is 34.7. The van der Waals surface area contributed by atoms with Crippen LogP contribution in [-0.2, 0) is 67.9 Å². The Kier molecular flexibility index (Phi) is 14.7. The summed E-state index contributed by atoms with van der Waals surface area (Å²) in [5, 5.41) is 0.672. The molecule has 1 aliphatic carbocycles. The van der Waals surface area contributed by atoms with Crippen molar-refractivity contribution in [2.24, 2.45) is 0 Å². The van der Waals surface area contributed by atoms with Gasteiger partial charge < -0.3 is 28.6 Å². The van der Waals surface area contributed by atoms with Crippen molar-refractivity contribution in [2.45, 2.75) is 95.7 Å². The Bertz CT molecular complexity index is 2260. The van der Waals surface area contributed by atoms with Crippen molar-refractivity contribution in [3.63, 3.8) is 0 Å². The molecule has 8 rings (SSSR count). The molecular weight excluding hydrogens is 782 g/mol. The fraction of sp³-hybridized carbons (Fsp3) is 0.302. The molecule has 2 fully saturated rings. The molecule has 61 heavy (non-hydrogen) atoms. The molecular formula is C53H54ClNO6. The molecule has 1 amide bonds. The van der Waals surface area contributed by atoms with Crippen molar-refractivity contribution >= 4 is 17.5 Å². The summed E-state index contributed by atoms with van der Waals surface area (Å²) in [7, 11) is 0. The van der Waals surface area contributed by atoms with E-state index in [1.165, 1.54) is 0 Å². The normalized spacial score (nSPS) is 20.0. The maximum Gasteiger partial charge on any atom is 0.219 e. The molecule has 0 aromatic heterocycles. The van der Waals surface area contributed by atoms with E-state index in [1.54, 1.807) is 6.92 Å². The van der Waals surface area contributed by atoms with Crippen LogP contribution in [0.15, 0.2) is 164 Å². The molecule has 0 bridgehead atoms. The number of benzene rings is 6. The average molecular weight is 836 g/mol. The van der Waals surface area contributed by atoms with E-state index in [-0.39, 0.29) is 12.5 Å². The predicted molar refractivity (Wildman–Crippen MR) is 239 cm³/mol. The highest BCUT2D eigenvalue weighted by Crippen LogP contribution is 2.40. The fourth-order valence-electron chi connectivity index (χ4n) is 8.03. The third kappa shape index (κ3) is 11.8. The van der Waals surface area contributed by atoms with Gasteiger partial charge in [-0.15, -0.1) is 0 Å². The summed E-state index contributed by atoms with van der Waals surface area (Å²) in [6.07, 6.45) is 0.0649. The van der Waals surface area contributed by atoms with Crippen molar-refractivity contribution in [3.05, 3.63) is 213 Å². The molecule has 314 valence electrons. The molecule has 8 heteroatoms. The van der Waals surface area contributed by atoms with Crippen LogP contribution in [0.1, 0.15) is 70.4 Å². The lowest BCUT2D eigenvalue weighted by atomic mass is 9.89. The minimum Gasteiger partial charge on any atom is -0.374 e. The van der Waals surface area contributed by atoms with Gasteiger partial charge in [-0.1, -0.05) is 169 Å². The van der Waals surface area contributed by atoms with Gasteiger partial charge in [0.25, 0.3) is 0 Å². The zero-order chi connectivity index (χ0) is 41.8. The first kappa shape index (κ1) is 42.6. The van der Waals surface area contributed by atoms with Gasteiger partial charge in [0, 0.05) is 24.5 Å². The van der Waals surface area contributed by atoms with E-state index in [4.69, 9.17) is 35.3 Å². The van der Waals surface area contributed by atoms with Crippen LogP contribution in [0.25, 0.3) is 0 Å². The Labute approximate surface area is 365 Å². The topological polar surface area (TPSA) is 66.5 Å². The Morgan fingerprint density at radius 3 is 1.61 bits per heavy atom. The average Bonchev–Trinajstić information content (AvgIpc) is 4.15. The van der Waals surface area contributed by atoms with E-state index in [0.717, 1.165) is 57.3 Å². The number of carbonyl (C=O) groups excluding carboxylic acids is 1. The highest BCUT2D eigenvalue weighted by Gasteiger charge is 2.49. The molecule has 2 aliphatic rings. The summed E-state index contributed by atoms with van der Waals surface area (Å²) >= 11 is 6.98. The molecule has 1 heterocycles. The number of amides is 1. The smallest absolute Gasteiger partial charge is 0.219 e. The molecule has 6 aromatic rings. The van der Waals surface area contributed by atoms with Gasteiger partial charge in [0.15, 0.2) is 0 Å². The van der Waals surface area contributed by atoms with Crippen LogP contribution in [0.4, 0.5) is 0 Å². The summed E-state index contributed by atoms with van der Waals surface area (Å²) in [6.45, 7) is 4.06. The van der Waals surface area contributed by atoms with E-state index < -0.39 is 30.5 Å². The van der Waals surface area contributed by atoms with Gasteiger partial charge in [-0.3, -0.25) is 4.79 Å². The minimum atomic E-state index is -0.570. The molecule has 0 spiro atoms. The molecule has 5 atom stereocenters. The Morgan fingerprint density at radius 2 is 1.08 bits per heavy atom. The molecule has 6 aromatic carbocycles. The minimum absolute atomic E-state index is 0.123. The van der Waals surface area contributed by atoms with Gasteiger partial charge in [-0.05, 0) is 69.8 Å². The van der Waals surface area contributed by atoms with Crippen LogP contribution in [0.5, 0.6) is 0 Å². The van der Waals surface area contributed by atoms with E-state index in [9.17, 15) is 4.79 Å². The number of hydrogen-bond donors (Lipinski definition) is 0. The molecule has 1 saturated heterocycles. The predicted octanol–water partition coefficient (Wildman–Crippen LogP) is 10.9. The second kappa shape index (κ2) is 21.1. The lowest BCUT2D eigenvalue weighted by molar-refractivity contribution is -0.275. The van der Waals surface area contributed by atoms with E-state index in [1.807, 2.05) is 89.8 Å². The first-order valence-corrected chi connectivity index (χ1v) is 21.7. The fourth-order valence-corrected chi connectivity index (χ4v) is 8.21. The van der Waals surface area contributed by atoms with Crippen molar-refractivity contribution < 1.29 is 28.5 Å². The van der Waals surface area contributed by atoms with Crippen molar-refractivity contribution in [2.75, 3.05) is 6.61 Å². The van der Waals surface area contributed by atoms with E-state index in [0.29, 0.717) is 50.5 Å². The van der Waals surface area contributed by atoms with Gasteiger partial charge in [0.1, 0.15) is 30.5 Å².